The Morgan fingerprint density at radius 1 is 0.434 bits per heavy atom. The zero-order valence-electron chi connectivity index (χ0n) is 29.1. The maximum absolute atomic E-state index is 6.55. The van der Waals surface area contributed by atoms with Crippen LogP contribution in [0.15, 0.2) is 192 Å². The lowest BCUT2D eigenvalue weighted by Gasteiger charge is -2.33. The van der Waals surface area contributed by atoms with Gasteiger partial charge in [-0.1, -0.05) is 103 Å². The summed E-state index contributed by atoms with van der Waals surface area (Å²) in [6.07, 6.45) is 0. The van der Waals surface area contributed by atoms with Crippen LogP contribution in [-0.2, 0) is 0 Å². The van der Waals surface area contributed by atoms with E-state index in [0.717, 1.165) is 84.3 Å². The lowest BCUT2D eigenvalue weighted by molar-refractivity contribution is 0.477. The Morgan fingerprint density at radius 3 is 1.89 bits per heavy atom. The van der Waals surface area contributed by atoms with Gasteiger partial charge in [0.2, 0.25) is 0 Å². The zero-order chi connectivity index (χ0) is 35.3. The van der Waals surface area contributed by atoms with E-state index in [1.165, 1.54) is 11.1 Å². The summed E-state index contributed by atoms with van der Waals surface area (Å²) in [6.45, 7) is 2.18. The van der Waals surface area contributed by atoms with E-state index >= 15 is 0 Å². The largest absolute Gasteiger partial charge is 0.456 e. The molecule has 4 heteroatoms. The first kappa shape index (κ1) is 30.8. The molecule has 0 aliphatic carbocycles. The van der Waals surface area contributed by atoms with Crippen molar-refractivity contribution in [1.29, 1.82) is 0 Å². The molecule has 4 nitrogen and oxygen atoms in total. The van der Waals surface area contributed by atoms with Gasteiger partial charge in [-0.2, -0.15) is 0 Å². The SMILES string of the molecule is Cc1cc(N(c2ccc(-c3ccccc3)cc2)c2ccc3c(c2)oc2ccccc23)ccc1-c1ccc2c(c1)Oc1ccccc1N2c1ccccc1. The molecule has 0 radical (unpaired) electrons. The Hall–Kier alpha value is -7.04. The van der Waals surface area contributed by atoms with Crippen LogP contribution in [0.4, 0.5) is 34.1 Å². The van der Waals surface area contributed by atoms with Crippen molar-refractivity contribution in [2.45, 2.75) is 6.92 Å². The van der Waals surface area contributed by atoms with E-state index in [1.807, 2.05) is 30.3 Å². The summed E-state index contributed by atoms with van der Waals surface area (Å²) in [5.74, 6) is 1.66. The van der Waals surface area contributed by atoms with Crippen molar-refractivity contribution in [3.63, 3.8) is 0 Å². The zero-order valence-corrected chi connectivity index (χ0v) is 29.1. The lowest BCUT2D eigenvalue weighted by atomic mass is 9.98. The van der Waals surface area contributed by atoms with Gasteiger partial charge in [0.1, 0.15) is 11.2 Å². The van der Waals surface area contributed by atoms with E-state index < -0.39 is 0 Å². The molecule has 53 heavy (non-hydrogen) atoms. The molecule has 0 atom stereocenters. The number of furan rings is 1. The van der Waals surface area contributed by atoms with E-state index in [2.05, 4.69) is 174 Å². The summed E-state index contributed by atoms with van der Waals surface area (Å²) in [7, 11) is 0. The minimum Gasteiger partial charge on any atom is -0.456 e. The lowest BCUT2D eigenvalue weighted by Crippen LogP contribution is -2.15. The van der Waals surface area contributed by atoms with Crippen LogP contribution in [0.25, 0.3) is 44.2 Å². The van der Waals surface area contributed by atoms with Gasteiger partial charge in [0.15, 0.2) is 11.5 Å². The van der Waals surface area contributed by atoms with Crippen LogP contribution < -0.4 is 14.5 Å². The predicted octanol–water partition coefficient (Wildman–Crippen LogP) is 14.3. The number of para-hydroxylation sites is 4. The molecule has 0 amide bonds. The van der Waals surface area contributed by atoms with Crippen molar-refractivity contribution in [3.8, 4) is 33.8 Å². The number of rotatable bonds is 6. The number of ether oxygens (including phenoxy) is 1. The van der Waals surface area contributed by atoms with Gasteiger partial charge in [-0.3, -0.25) is 0 Å². The summed E-state index contributed by atoms with van der Waals surface area (Å²) < 4.78 is 12.9. The first-order chi connectivity index (χ1) is 26.2. The number of aryl methyl sites for hydroxylation is 1. The molecule has 0 saturated carbocycles. The molecule has 0 N–H and O–H groups in total. The fourth-order valence-electron chi connectivity index (χ4n) is 7.63. The second-order valence-corrected chi connectivity index (χ2v) is 13.4. The fourth-order valence-corrected chi connectivity index (χ4v) is 7.63. The molecule has 8 aromatic carbocycles. The van der Waals surface area contributed by atoms with E-state index in [1.54, 1.807) is 0 Å². The molecular formula is C49H34N2O2. The van der Waals surface area contributed by atoms with E-state index in [-0.39, 0.29) is 0 Å². The van der Waals surface area contributed by atoms with Crippen LogP contribution in [0.1, 0.15) is 5.56 Å². The maximum Gasteiger partial charge on any atom is 0.152 e. The minimum atomic E-state index is 0.827. The normalized spacial score (nSPS) is 12.0. The average molecular weight is 683 g/mol. The second kappa shape index (κ2) is 12.6. The van der Waals surface area contributed by atoms with Gasteiger partial charge in [-0.25, -0.2) is 0 Å². The molecule has 0 unspecified atom stereocenters. The van der Waals surface area contributed by atoms with Crippen molar-refractivity contribution in [2.75, 3.05) is 9.80 Å². The maximum atomic E-state index is 6.55. The first-order valence-corrected chi connectivity index (χ1v) is 17.9. The molecule has 1 aliphatic heterocycles. The third kappa shape index (κ3) is 5.40. The topological polar surface area (TPSA) is 28.9 Å². The quantitative estimate of drug-likeness (QED) is 0.175. The average Bonchev–Trinajstić information content (AvgIpc) is 3.59. The number of benzene rings is 8. The van der Waals surface area contributed by atoms with Crippen molar-refractivity contribution in [1.82, 2.24) is 0 Å². The summed E-state index contributed by atoms with van der Waals surface area (Å²) >= 11 is 0. The molecular weight excluding hydrogens is 649 g/mol. The molecule has 0 saturated heterocycles. The Kier molecular flexibility index (Phi) is 7.33. The number of hydrogen-bond acceptors (Lipinski definition) is 4. The highest BCUT2D eigenvalue weighted by Crippen LogP contribution is 2.51. The Morgan fingerprint density at radius 2 is 1.06 bits per heavy atom. The number of anilines is 6. The van der Waals surface area contributed by atoms with Gasteiger partial charge in [-0.15, -0.1) is 0 Å². The smallest absolute Gasteiger partial charge is 0.152 e. The van der Waals surface area contributed by atoms with Crippen LogP contribution in [0.3, 0.4) is 0 Å². The number of hydrogen-bond donors (Lipinski definition) is 0. The van der Waals surface area contributed by atoms with E-state index in [0.29, 0.717) is 0 Å². The van der Waals surface area contributed by atoms with Crippen molar-refractivity contribution >= 4 is 56.1 Å². The number of nitrogens with zero attached hydrogens (tertiary/aromatic N) is 2. The van der Waals surface area contributed by atoms with Crippen molar-refractivity contribution < 1.29 is 9.15 Å². The third-order valence-electron chi connectivity index (χ3n) is 10.2. The highest BCUT2D eigenvalue weighted by atomic mass is 16.5. The van der Waals surface area contributed by atoms with E-state index in [4.69, 9.17) is 9.15 Å². The van der Waals surface area contributed by atoms with Crippen LogP contribution in [0, 0.1) is 6.92 Å². The summed E-state index contributed by atoms with van der Waals surface area (Å²) in [6, 6.07) is 65.9. The molecule has 0 bridgehead atoms. The third-order valence-corrected chi connectivity index (χ3v) is 10.2. The molecule has 1 aromatic heterocycles. The molecule has 1 aliphatic rings. The monoisotopic (exact) mass is 682 g/mol. The molecule has 0 spiro atoms. The van der Waals surface area contributed by atoms with Gasteiger partial charge >= 0.3 is 0 Å². The van der Waals surface area contributed by atoms with Gasteiger partial charge in [0.25, 0.3) is 0 Å². The minimum absolute atomic E-state index is 0.827. The Bertz CT molecular complexity index is 2770. The van der Waals surface area contributed by atoms with Gasteiger partial charge in [-0.05, 0) is 114 Å². The first-order valence-electron chi connectivity index (χ1n) is 17.9. The molecule has 0 fully saturated rings. The summed E-state index contributed by atoms with van der Waals surface area (Å²) in [4.78, 5) is 4.58. The van der Waals surface area contributed by atoms with Crippen LogP contribution in [0.5, 0.6) is 11.5 Å². The van der Waals surface area contributed by atoms with Crippen molar-refractivity contribution in [2.24, 2.45) is 0 Å². The Labute approximate surface area is 308 Å². The van der Waals surface area contributed by atoms with Crippen LogP contribution in [-0.4, -0.2) is 0 Å². The molecule has 9 aromatic rings. The van der Waals surface area contributed by atoms with Crippen LogP contribution >= 0.6 is 0 Å². The second-order valence-electron chi connectivity index (χ2n) is 13.4. The fraction of sp³-hybridized carbons (Fsp3) is 0.0204. The molecule has 252 valence electrons. The Balaban J connectivity index is 1.05. The highest BCUT2D eigenvalue weighted by Gasteiger charge is 2.26. The van der Waals surface area contributed by atoms with Gasteiger partial charge in [0.05, 0.1) is 11.4 Å². The highest BCUT2D eigenvalue weighted by molar-refractivity contribution is 6.06. The summed E-state index contributed by atoms with van der Waals surface area (Å²) in [5.41, 5.74) is 13.8. The predicted molar refractivity (Wildman–Crippen MR) is 219 cm³/mol. The van der Waals surface area contributed by atoms with Gasteiger partial charge in [0, 0.05) is 39.6 Å². The van der Waals surface area contributed by atoms with Crippen molar-refractivity contribution in [3.05, 3.63) is 194 Å². The van der Waals surface area contributed by atoms with Gasteiger partial charge < -0.3 is 19.0 Å². The van der Waals surface area contributed by atoms with Crippen LogP contribution in [0.2, 0.25) is 0 Å². The standard InChI is InChI=1S/C49H34N2O2/c1-33-30-39(25-27-41(33)36-22-29-45-49(31-36)53-47-19-11-9-17-44(47)51(45)37-14-6-3-7-15-37)50(38-23-20-35(21-24-38)34-12-4-2-5-13-34)40-26-28-43-42-16-8-10-18-46(42)52-48(43)32-40/h2-32H,1H3. The summed E-state index contributed by atoms with van der Waals surface area (Å²) in [5, 5.41) is 2.23. The number of fused-ring (bicyclic) bond motifs is 5. The molecule has 2 heterocycles. The molecule has 10 rings (SSSR count). The van der Waals surface area contributed by atoms with E-state index in [9.17, 15) is 0 Å².